The van der Waals surface area contributed by atoms with E-state index in [4.69, 9.17) is 14.2 Å². The number of benzene rings is 3. The smallest absolute Gasteiger partial charge is 0.425 e. The maximum Gasteiger partial charge on any atom is 0.425 e. The summed E-state index contributed by atoms with van der Waals surface area (Å²) in [5.41, 5.74) is -4.14. The van der Waals surface area contributed by atoms with Gasteiger partial charge >= 0.3 is 6.18 Å². The number of ether oxygens (including phenoxy) is 3. The highest BCUT2D eigenvalue weighted by atomic mass is 19.4. The van der Waals surface area contributed by atoms with Gasteiger partial charge in [-0.1, -0.05) is 60.7 Å². The van der Waals surface area contributed by atoms with Crippen molar-refractivity contribution in [3.05, 3.63) is 101 Å². The molecular formula is C32H31F3N2O6. The van der Waals surface area contributed by atoms with Gasteiger partial charge in [0.25, 0.3) is 11.8 Å². The molecular weight excluding hydrogens is 565 g/mol. The zero-order valence-electron chi connectivity index (χ0n) is 24.1. The number of nitrogens with one attached hydrogen (secondary N) is 1. The Morgan fingerprint density at radius 1 is 0.860 bits per heavy atom. The van der Waals surface area contributed by atoms with Crippen LogP contribution in [0, 0.1) is 0 Å². The number of Topliss-reactive ketones (excluding diaryl/α,β-unsaturated/α-hetero) is 1. The number of halogens is 3. The van der Waals surface area contributed by atoms with Crippen LogP contribution in [0.3, 0.4) is 0 Å². The molecule has 0 saturated heterocycles. The van der Waals surface area contributed by atoms with E-state index in [-0.39, 0.29) is 40.6 Å². The number of carbonyl (C=O) groups is 3. The van der Waals surface area contributed by atoms with Gasteiger partial charge in [0.15, 0.2) is 17.3 Å². The second-order valence-electron chi connectivity index (χ2n) is 9.82. The van der Waals surface area contributed by atoms with E-state index in [0.717, 1.165) is 22.6 Å². The van der Waals surface area contributed by atoms with Crippen molar-refractivity contribution in [2.45, 2.75) is 31.5 Å². The summed E-state index contributed by atoms with van der Waals surface area (Å²) in [6.07, 6.45) is -4.60. The molecule has 0 saturated carbocycles. The molecule has 1 aliphatic heterocycles. The third kappa shape index (κ3) is 5.79. The van der Waals surface area contributed by atoms with Gasteiger partial charge in [-0.05, 0) is 37.5 Å². The van der Waals surface area contributed by atoms with Crippen LogP contribution in [0.15, 0.2) is 84.1 Å². The van der Waals surface area contributed by atoms with Crippen molar-refractivity contribution in [2.24, 2.45) is 0 Å². The summed E-state index contributed by atoms with van der Waals surface area (Å²) in [5.74, 6) is -3.63. The van der Waals surface area contributed by atoms with Gasteiger partial charge < -0.3 is 24.4 Å². The molecule has 1 unspecified atom stereocenters. The first-order valence-electron chi connectivity index (χ1n) is 13.4. The van der Waals surface area contributed by atoms with E-state index in [2.05, 4.69) is 0 Å². The Kier molecular flexibility index (Phi) is 9.13. The second kappa shape index (κ2) is 12.6. The third-order valence-electron chi connectivity index (χ3n) is 7.31. The van der Waals surface area contributed by atoms with Crippen molar-refractivity contribution in [1.29, 1.82) is 0 Å². The standard InChI is InChI=1S/C32H31F3N2O6/c1-20-26(27(38)22-15-9-6-10-16-22)31(32(33,34)35,30(40)37(20)17-11-14-21-12-7-5-8-13-21)36-29(39)23-18-24(41-2)28(43-4)25(19-23)42-3/h5-10,12-13,15-16,18-19H,11,14,17H2,1-4H3,(H,36,39). The summed E-state index contributed by atoms with van der Waals surface area (Å²) < 4.78 is 61.6. The molecule has 0 aromatic heterocycles. The fraction of sp³-hybridized carbons (Fsp3) is 0.281. The van der Waals surface area contributed by atoms with Crippen molar-refractivity contribution < 1.29 is 41.8 Å². The molecule has 0 radical (unpaired) electrons. The van der Waals surface area contributed by atoms with Crippen molar-refractivity contribution >= 4 is 17.6 Å². The first-order valence-corrected chi connectivity index (χ1v) is 13.4. The lowest BCUT2D eigenvalue weighted by molar-refractivity contribution is -0.189. The molecule has 1 aliphatic rings. The van der Waals surface area contributed by atoms with Gasteiger partial charge in [-0.2, -0.15) is 13.2 Å². The van der Waals surface area contributed by atoms with E-state index >= 15 is 13.2 Å². The van der Waals surface area contributed by atoms with Gasteiger partial charge in [0.05, 0.1) is 26.9 Å². The lowest BCUT2D eigenvalue weighted by atomic mass is 9.84. The number of nitrogens with zero attached hydrogens (tertiary/aromatic N) is 1. The molecule has 43 heavy (non-hydrogen) atoms. The Morgan fingerprint density at radius 2 is 1.42 bits per heavy atom. The van der Waals surface area contributed by atoms with Crippen LogP contribution in [0.1, 0.15) is 39.6 Å². The molecule has 3 aromatic rings. The van der Waals surface area contributed by atoms with E-state index in [9.17, 15) is 14.4 Å². The molecule has 3 aromatic carbocycles. The predicted molar refractivity (Wildman–Crippen MR) is 152 cm³/mol. The average Bonchev–Trinajstić information content (AvgIpc) is 3.22. The quantitative estimate of drug-likeness (QED) is 0.299. The van der Waals surface area contributed by atoms with Crippen LogP contribution in [-0.4, -0.2) is 62.1 Å². The van der Waals surface area contributed by atoms with Crippen molar-refractivity contribution in [3.8, 4) is 17.2 Å². The van der Waals surface area contributed by atoms with Crippen LogP contribution in [0.25, 0.3) is 0 Å². The molecule has 0 spiro atoms. The van der Waals surface area contributed by atoms with Gasteiger partial charge in [0.1, 0.15) is 0 Å². The molecule has 226 valence electrons. The van der Waals surface area contributed by atoms with Crippen LogP contribution < -0.4 is 19.5 Å². The number of hydrogen-bond acceptors (Lipinski definition) is 6. The number of allylic oxidation sites excluding steroid dienone is 1. The van der Waals surface area contributed by atoms with E-state index in [1.54, 1.807) is 6.07 Å². The molecule has 4 rings (SSSR count). The Hall–Kier alpha value is -4.80. The van der Waals surface area contributed by atoms with Crippen LogP contribution in [0.4, 0.5) is 13.2 Å². The number of hydrogen-bond donors (Lipinski definition) is 1. The molecule has 2 amide bonds. The molecule has 1 N–H and O–H groups in total. The van der Waals surface area contributed by atoms with Gasteiger partial charge in [0.2, 0.25) is 11.3 Å². The first-order chi connectivity index (χ1) is 20.5. The minimum atomic E-state index is -5.39. The predicted octanol–water partition coefficient (Wildman–Crippen LogP) is 5.38. The van der Waals surface area contributed by atoms with Crippen LogP contribution >= 0.6 is 0 Å². The second-order valence-corrected chi connectivity index (χ2v) is 9.82. The fourth-order valence-electron chi connectivity index (χ4n) is 5.20. The maximum atomic E-state index is 15.3. The van der Waals surface area contributed by atoms with Gasteiger partial charge in [-0.15, -0.1) is 0 Å². The number of aryl methyl sites for hydroxylation is 1. The van der Waals surface area contributed by atoms with Gasteiger partial charge in [-0.3, -0.25) is 14.4 Å². The van der Waals surface area contributed by atoms with E-state index in [0.29, 0.717) is 12.8 Å². The first kappa shape index (κ1) is 31.1. The summed E-state index contributed by atoms with van der Waals surface area (Å²) in [7, 11) is 3.90. The summed E-state index contributed by atoms with van der Waals surface area (Å²) in [4.78, 5) is 42.2. The number of methoxy groups -OCH3 is 3. The number of carbonyl (C=O) groups excluding carboxylic acids is 3. The summed E-state index contributed by atoms with van der Waals surface area (Å²) in [6, 6.07) is 18.9. The van der Waals surface area contributed by atoms with Crippen LogP contribution in [-0.2, 0) is 11.2 Å². The highest BCUT2D eigenvalue weighted by Gasteiger charge is 2.70. The number of ketones is 1. The fourth-order valence-corrected chi connectivity index (χ4v) is 5.20. The Balaban J connectivity index is 1.81. The van der Waals surface area contributed by atoms with E-state index < -0.39 is 34.9 Å². The summed E-state index contributed by atoms with van der Waals surface area (Å²) in [6.45, 7) is 1.18. The average molecular weight is 597 g/mol. The normalized spacial score (nSPS) is 16.7. The maximum absolute atomic E-state index is 15.3. The minimum absolute atomic E-state index is 0.0145. The molecule has 1 heterocycles. The Bertz CT molecular complexity index is 1510. The molecule has 0 aliphatic carbocycles. The lowest BCUT2D eigenvalue weighted by Gasteiger charge is -2.33. The summed E-state index contributed by atoms with van der Waals surface area (Å²) in [5, 5.41) is 1.92. The Morgan fingerprint density at radius 3 is 1.93 bits per heavy atom. The molecule has 8 nitrogen and oxygen atoms in total. The van der Waals surface area contributed by atoms with E-state index in [1.807, 2.05) is 35.6 Å². The van der Waals surface area contributed by atoms with Gasteiger partial charge in [0, 0.05) is 23.4 Å². The van der Waals surface area contributed by atoms with Crippen LogP contribution in [0.2, 0.25) is 0 Å². The highest BCUT2D eigenvalue weighted by Crippen LogP contribution is 2.46. The zero-order valence-corrected chi connectivity index (χ0v) is 24.1. The van der Waals surface area contributed by atoms with Crippen molar-refractivity contribution in [3.63, 3.8) is 0 Å². The highest BCUT2D eigenvalue weighted by molar-refractivity contribution is 6.19. The number of amides is 2. The summed E-state index contributed by atoms with van der Waals surface area (Å²) >= 11 is 0. The minimum Gasteiger partial charge on any atom is -0.493 e. The SMILES string of the molecule is COc1cc(C(=O)NC2(C(F)(F)F)C(=O)N(CCCc3ccccc3)C(C)=C2C(=O)c2ccccc2)cc(OC)c1OC. The van der Waals surface area contributed by atoms with E-state index in [1.165, 1.54) is 52.5 Å². The Labute approximate surface area is 247 Å². The lowest BCUT2D eigenvalue weighted by Crippen LogP contribution is -2.66. The molecule has 0 fully saturated rings. The largest absolute Gasteiger partial charge is 0.493 e. The topological polar surface area (TPSA) is 94.2 Å². The molecule has 11 heteroatoms. The van der Waals surface area contributed by atoms with Crippen molar-refractivity contribution in [1.82, 2.24) is 10.2 Å². The number of rotatable bonds is 11. The van der Waals surface area contributed by atoms with Crippen molar-refractivity contribution in [2.75, 3.05) is 27.9 Å². The molecule has 1 atom stereocenters. The molecule has 0 bridgehead atoms. The number of alkyl halides is 3. The monoisotopic (exact) mass is 596 g/mol. The zero-order chi connectivity index (χ0) is 31.4. The van der Waals surface area contributed by atoms with Gasteiger partial charge in [-0.25, -0.2) is 0 Å². The third-order valence-corrected chi connectivity index (χ3v) is 7.31. The van der Waals surface area contributed by atoms with Crippen LogP contribution in [0.5, 0.6) is 17.2 Å².